The number of nitrogens with one attached hydrogen (secondary N) is 2. The highest BCUT2D eigenvalue weighted by molar-refractivity contribution is 5.98. The van der Waals surface area contributed by atoms with Gasteiger partial charge in [-0.1, -0.05) is 12.1 Å². The van der Waals surface area contributed by atoms with E-state index >= 15 is 0 Å². The normalized spacial score (nSPS) is 10.7. The van der Waals surface area contributed by atoms with Crippen molar-refractivity contribution in [3.8, 4) is 0 Å². The van der Waals surface area contributed by atoms with E-state index in [1.165, 1.54) is 24.3 Å². The maximum Gasteiger partial charge on any atom is 0.244 e. The van der Waals surface area contributed by atoms with Gasteiger partial charge in [0.25, 0.3) is 0 Å². The van der Waals surface area contributed by atoms with Crippen LogP contribution in [0.2, 0.25) is 0 Å². The van der Waals surface area contributed by atoms with Crippen molar-refractivity contribution in [1.82, 2.24) is 5.32 Å². The second-order valence-corrected chi connectivity index (χ2v) is 4.88. The quantitative estimate of drug-likeness (QED) is 0.494. The molecule has 0 unspecified atom stereocenters. The van der Waals surface area contributed by atoms with Crippen LogP contribution in [0.1, 0.15) is 5.56 Å². The monoisotopic (exact) mass is 352 g/mol. The maximum atomic E-state index is 13.4. The fourth-order valence-electron chi connectivity index (χ4n) is 1.83. The van der Waals surface area contributed by atoms with E-state index in [0.29, 0.717) is 11.6 Å². The Morgan fingerprint density at radius 1 is 1.00 bits per heavy atom. The van der Waals surface area contributed by atoms with Gasteiger partial charge in [0.1, 0.15) is 5.82 Å². The molecule has 2 amide bonds. The first-order valence-electron chi connectivity index (χ1n) is 7.01. The molecule has 0 saturated carbocycles. The van der Waals surface area contributed by atoms with Crippen molar-refractivity contribution in [3.63, 3.8) is 0 Å². The first-order chi connectivity index (χ1) is 11.9. The number of carbonyl (C=O) groups is 2. The molecular formula is C17H12F4N2O2. The molecule has 0 radical (unpaired) electrons. The van der Waals surface area contributed by atoms with E-state index in [-0.39, 0.29) is 0 Å². The molecule has 2 rings (SSSR count). The third-order valence-corrected chi connectivity index (χ3v) is 3.01. The van der Waals surface area contributed by atoms with Crippen LogP contribution in [-0.4, -0.2) is 18.4 Å². The average molecular weight is 352 g/mol. The Bertz CT molecular complexity index is 837. The van der Waals surface area contributed by atoms with Gasteiger partial charge < -0.3 is 10.6 Å². The van der Waals surface area contributed by atoms with Crippen molar-refractivity contribution in [1.29, 1.82) is 0 Å². The smallest absolute Gasteiger partial charge is 0.244 e. The molecule has 8 heteroatoms. The van der Waals surface area contributed by atoms with E-state index in [4.69, 9.17) is 0 Å². The molecule has 0 spiro atoms. The number of halogens is 4. The lowest BCUT2D eigenvalue weighted by molar-refractivity contribution is -0.121. The standard InChI is InChI=1S/C17H12F4N2O2/c18-11-3-1-2-10(8-11)4-7-14(24)22-9-15(25)23-13-6-5-12(19)16(20)17(13)21/h1-8H,9H2,(H,22,24)(H,23,25)/b7-4+. The number of hydrogen-bond donors (Lipinski definition) is 2. The van der Waals surface area contributed by atoms with Crippen LogP contribution in [0.25, 0.3) is 6.08 Å². The van der Waals surface area contributed by atoms with Crippen LogP contribution < -0.4 is 10.6 Å². The van der Waals surface area contributed by atoms with Crippen molar-refractivity contribution in [3.05, 3.63) is 71.3 Å². The molecule has 0 heterocycles. The lowest BCUT2D eigenvalue weighted by atomic mass is 10.2. The molecule has 25 heavy (non-hydrogen) atoms. The van der Waals surface area contributed by atoms with Crippen LogP contribution in [0.15, 0.2) is 42.5 Å². The van der Waals surface area contributed by atoms with E-state index in [2.05, 4.69) is 5.32 Å². The minimum atomic E-state index is -1.71. The summed E-state index contributed by atoms with van der Waals surface area (Å²) in [6, 6.07) is 7.02. The van der Waals surface area contributed by atoms with Gasteiger partial charge in [-0.2, -0.15) is 0 Å². The first-order valence-corrected chi connectivity index (χ1v) is 7.01. The third kappa shape index (κ3) is 5.17. The fourth-order valence-corrected chi connectivity index (χ4v) is 1.83. The second-order valence-electron chi connectivity index (χ2n) is 4.88. The van der Waals surface area contributed by atoms with Gasteiger partial charge in [0.2, 0.25) is 11.8 Å². The highest BCUT2D eigenvalue weighted by Crippen LogP contribution is 2.19. The number of benzene rings is 2. The summed E-state index contributed by atoms with van der Waals surface area (Å²) in [5.74, 6) is -6.57. The summed E-state index contributed by atoms with van der Waals surface area (Å²) in [5, 5.41) is 4.22. The molecule has 2 aromatic carbocycles. The van der Waals surface area contributed by atoms with Gasteiger partial charge in [0, 0.05) is 6.08 Å². The van der Waals surface area contributed by atoms with Crippen molar-refractivity contribution in [2.75, 3.05) is 11.9 Å². The van der Waals surface area contributed by atoms with Crippen molar-refractivity contribution < 1.29 is 27.2 Å². The summed E-state index contributed by atoms with van der Waals surface area (Å²) >= 11 is 0. The Labute approximate surface area is 140 Å². The molecule has 2 aromatic rings. The number of hydrogen-bond acceptors (Lipinski definition) is 2. The molecule has 0 aliphatic heterocycles. The van der Waals surface area contributed by atoms with E-state index in [1.807, 2.05) is 5.32 Å². The molecule has 0 aliphatic rings. The lowest BCUT2D eigenvalue weighted by Crippen LogP contribution is -2.32. The van der Waals surface area contributed by atoms with Gasteiger partial charge in [-0.15, -0.1) is 0 Å². The molecule has 0 atom stereocenters. The highest BCUT2D eigenvalue weighted by atomic mass is 19.2. The van der Waals surface area contributed by atoms with Gasteiger partial charge in [0.05, 0.1) is 12.2 Å². The van der Waals surface area contributed by atoms with Crippen LogP contribution in [0, 0.1) is 23.3 Å². The molecule has 130 valence electrons. The van der Waals surface area contributed by atoms with Crippen LogP contribution in [0.5, 0.6) is 0 Å². The Hall–Kier alpha value is -3.16. The minimum absolute atomic E-state index is 0.448. The first kappa shape index (κ1) is 18.2. The van der Waals surface area contributed by atoms with Crippen molar-refractivity contribution in [2.24, 2.45) is 0 Å². The molecule has 0 aliphatic carbocycles. The van der Waals surface area contributed by atoms with Gasteiger partial charge in [0.15, 0.2) is 17.5 Å². The van der Waals surface area contributed by atoms with Gasteiger partial charge in [-0.25, -0.2) is 17.6 Å². The van der Waals surface area contributed by atoms with E-state index in [0.717, 1.165) is 12.1 Å². The summed E-state index contributed by atoms with van der Waals surface area (Å²) in [6.07, 6.45) is 2.42. The second kappa shape index (κ2) is 8.09. The largest absolute Gasteiger partial charge is 0.343 e. The molecule has 2 N–H and O–H groups in total. The summed E-state index contributed by atoms with van der Waals surface area (Å²) in [5.41, 5.74) is -0.100. The fraction of sp³-hybridized carbons (Fsp3) is 0.0588. The van der Waals surface area contributed by atoms with E-state index < -0.39 is 47.3 Å². The van der Waals surface area contributed by atoms with Crippen LogP contribution in [0.4, 0.5) is 23.2 Å². The summed E-state index contributed by atoms with van der Waals surface area (Å²) in [6.45, 7) is -0.523. The molecule has 4 nitrogen and oxygen atoms in total. The predicted molar refractivity (Wildman–Crippen MR) is 83.4 cm³/mol. The van der Waals surface area contributed by atoms with E-state index in [9.17, 15) is 27.2 Å². The summed E-state index contributed by atoms with van der Waals surface area (Å²) in [7, 11) is 0. The number of carbonyl (C=O) groups excluding carboxylic acids is 2. The van der Waals surface area contributed by atoms with Crippen molar-refractivity contribution in [2.45, 2.75) is 0 Å². The topological polar surface area (TPSA) is 58.2 Å². The Kier molecular flexibility index (Phi) is 5.89. The maximum absolute atomic E-state index is 13.4. The Morgan fingerprint density at radius 3 is 2.48 bits per heavy atom. The highest BCUT2D eigenvalue weighted by Gasteiger charge is 2.15. The SMILES string of the molecule is O=C(/C=C/c1cccc(F)c1)NCC(=O)Nc1ccc(F)c(F)c1F. The summed E-state index contributed by atoms with van der Waals surface area (Å²) < 4.78 is 52.2. The molecule has 0 fully saturated rings. The van der Waals surface area contributed by atoms with Gasteiger partial charge in [-0.3, -0.25) is 9.59 Å². The third-order valence-electron chi connectivity index (χ3n) is 3.01. The van der Waals surface area contributed by atoms with Crippen LogP contribution >= 0.6 is 0 Å². The zero-order chi connectivity index (χ0) is 18.4. The molecule has 0 aromatic heterocycles. The van der Waals surface area contributed by atoms with Crippen LogP contribution in [-0.2, 0) is 9.59 Å². The lowest BCUT2D eigenvalue weighted by Gasteiger charge is -2.07. The average Bonchev–Trinajstić information content (AvgIpc) is 2.59. The minimum Gasteiger partial charge on any atom is -0.343 e. The zero-order valence-electron chi connectivity index (χ0n) is 12.7. The van der Waals surface area contributed by atoms with Gasteiger partial charge >= 0.3 is 0 Å². The number of amides is 2. The molecule has 0 bridgehead atoms. The zero-order valence-corrected chi connectivity index (χ0v) is 12.7. The van der Waals surface area contributed by atoms with Crippen molar-refractivity contribution >= 4 is 23.6 Å². The van der Waals surface area contributed by atoms with Crippen LogP contribution in [0.3, 0.4) is 0 Å². The molecular weight excluding hydrogens is 340 g/mol. The number of anilines is 1. The van der Waals surface area contributed by atoms with Gasteiger partial charge in [-0.05, 0) is 35.9 Å². The Balaban J connectivity index is 1.87. The van der Waals surface area contributed by atoms with E-state index in [1.54, 1.807) is 6.07 Å². The summed E-state index contributed by atoms with van der Waals surface area (Å²) in [4.78, 5) is 23.2. The Morgan fingerprint density at radius 2 is 1.76 bits per heavy atom. The predicted octanol–water partition coefficient (Wildman–Crippen LogP) is 3.01. The number of rotatable bonds is 5. The molecule has 0 saturated heterocycles.